The Morgan fingerprint density at radius 3 is 3.00 bits per heavy atom. The number of hydrogen-bond donors (Lipinski definition) is 1. The van der Waals surface area contributed by atoms with E-state index in [0.29, 0.717) is 11.8 Å². The molecule has 0 bridgehead atoms. The van der Waals surface area contributed by atoms with E-state index in [9.17, 15) is 4.79 Å². The number of carbonyl (C=O) groups excluding carboxylic acids is 1. The molecule has 6 nitrogen and oxygen atoms in total. The van der Waals surface area contributed by atoms with E-state index >= 15 is 0 Å². The molecule has 0 saturated carbocycles. The first-order valence-corrected chi connectivity index (χ1v) is 10.9. The highest BCUT2D eigenvalue weighted by molar-refractivity contribution is 5.78. The van der Waals surface area contributed by atoms with Gasteiger partial charge in [0, 0.05) is 37.4 Å². The Balaban J connectivity index is 1.42. The average molecular weight is 410 g/mol. The van der Waals surface area contributed by atoms with Gasteiger partial charge in [0.2, 0.25) is 5.88 Å². The number of aromatic nitrogens is 1. The van der Waals surface area contributed by atoms with Gasteiger partial charge in [-0.3, -0.25) is 9.69 Å². The molecule has 0 unspecified atom stereocenters. The number of nitrogens with one attached hydrogen (secondary N) is 1. The number of likely N-dealkylation sites (tertiary alicyclic amines) is 1. The van der Waals surface area contributed by atoms with Crippen LogP contribution in [-0.2, 0) is 17.8 Å². The number of methoxy groups -OCH3 is 1. The van der Waals surface area contributed by atoms with E-state index in [1.807, 2.05) is 24.3 Å². The average Bonchev–Trinajstić information content (AvgIpc) is 2.77. The number of pyridine rings is 1. The van der Waals surface area contributed by atoms with Crippen molar-refractivity contribution in [1.82, 2.24) is 15.2 Å². The zero-order valence-corrected chi connectivity index (χ0v) is 17.7. The van der Waals surface area contributed by atoms with Crippen molar-refractivity contribution < 1.29 is 14.3 Å². The molecule has 1 aromatic carbocycles. The fraction of sp³-hybridized carbons (Fsp3) is 0.500. The largest absolute Gasteiger partial charge is 0.483 e. The summed E-state index contributed by atoms with van der Waals surface area (Å²) in [7, 11) is 1.67. The maximum Gasteiger partial charge on any atom is 0.258 e. The van der Waals surface area contributed by atoms with E-state index < -0.39 is 0 Å². The summed E-state index contributed by atoms with van der Waals surface area (Å²) in [4.78, 5) is 19.3. The second-order valence-electron chi connectivity index (χ2n) is 8.27. The molecule has 2 atom stereocenters. The molecule has 2 aromatic rings. The minimum atomic E-state index is -0.0252. The summed E-state index contributed by atoms with van der Waals surface area (Å²) in [6.07, 6.45) is 7.11. The zero-order chi connectivity index (χ0) is 20.8. The topological polar surface area (TPSA) is 63.7 Å². The molecule has 1 fully saturated rings. The van der Waals surface area contributed by atoms with E-state index in [2.05, 4.69) is 27.3 Å². The van der Waals surface area contributed by atoms with Crippen LogP contribution in [0.1, 0.15) is 36.8 Å². The quantitative estimate of drug-likeness (QED) is 0.843. The number of fused-ring (bicyclic) bond motifs is 2. The van der Waals surface area contributed by atoms with E-state index in [4.69, 9.17) is 9.47 Å². The standard InChI is InChI=1S/C24H31N3O3/c1-29-24-20(10-6-13-25-24)16-27-14-12-21-19(15-27)9-3-2-7-18-8-4-5-11-22(18)30-17-23(28)26-21/h4-6,8,10-11,13,19,21H,2-3,7,9,12,14-17H2,1H3,(H,26,28)/t19-,21+/m0/s1. The molecule has 3 heterocycles. The van der Waals surface area contributed by atoms with Crippen LogP contribution in [0.15, 0.2) is 42.6 Å². The normalized spacial score (nSPS) is 23.0. The fourth-order valence-electron chi connectivity index (χ4n) is 4.67. The molecule has 160 valence electrons. The Morgan fingerprint density at radius 1 is 1.20 bits per heavy atom. The van der Waals surface area contributed by atoms with Gasteiger partial charge in [-0.25, -0.2) is 4.98 Å². The summed E-state index contributed by atoms with van der Waals surface area (Å²) in [6.45, 7) is 2.82. The highest BCUT2D eigenvalue weighted by Gasteiger charge is 2.30. The number of hydrogen-bond acceptors (Lipinski definition) is 5. The van der Waals surface area contributed by atoms with Crippen molar-refractivity contribution in [3.8, 4) is 11.6 Å². The van der Waals surface area contributed by atoms with Gasteiger partial charge in [-0.2, -0.15) is 0 Å². The predicted octanol–water partition coefficient (Wildman–Crippen LogP) is 3.20. The van der Waals surface area contributed by atoms with Crippen LogP contribution in [0.25, 0.3) is 0 Å². The summed E-state index contributed by atoms with van der Waals surface area (Å²) in [5.74, 6) is 1.95. The monoisotopic (exact) mass is 409 g/mol. The van der Waals surface area contributed by atoms with Crippen LogP contribution >= 0.6 is 0 Å². The van der Waals surface area contributed by atoms with Crippen molar-refractivity contribution >= 4 is 5.91 Å². The SMILES string of the molecule is COc1ncccc1CN1CC[C@H]2NC(=O)COc3ccccc3CCCC[C@H]2C1. The van der Waals surface area contributed by atoms with Crippen LogP contribution in [0.3, 0.4) is 0 Å². The molecule has 6 heteroatoms. The van der Waals surface area contributed by atoms with Crippen molar-refractivity contribution in [3.05, 3.63) is 53.7 Å². The van der Waals surface area contributed by atoms with Crippen LogP contribution in [0.4, 0.5) is 0 Å². The van der Waals surface area contributed by atoms with Gasteiger partial charge >= 0.3 is 0 Å². The molecular formula is C24H31N3O3. The van der Waals surface area contributed by atoms with Crippen LogP contribution in [0.5, 0.6) is 11.6 Å². The van der Waals surface area contributed by atoms with E-state index in [1.165, 1.54) is 5.56 Å². The Bertz CT molecular complexity index is 857. The molecule has 2 aliphatic heterocycles. The van der Waals surface area contributed by atoms with E-state index in [1.54, 1.807) is 13.3 Å². The van der Waals surface area contributed by atoms with Gasteiger partial charge in [0.1, 0.15) is 5.75 Å². The summed E-state index contributed by atoms with van der Waals surface area (Å²) in [5, 5.41) is 3.25. The third-order valence-electron chi connectivity index (χ3n) is 6.20. The molecule has 1 aromatic heterocycles. The lowest BCUT2D eigenvalue weighted by atomic mass is 9.87. The number of rotatable bonds is 3. The minimum Gasteiger partial charge on any atom is -0.483 e. The van der Waals surface area contributed by atoms with Gasteiger partial charge in [-0.1, -0.05) is 30.7 Å². The summed E-state index contributed by atoms with van der Waals surface area (Å²) >= 11 is 0. The number of piperidine rings is 1. The number of para-hydroxylation sites is 1. The van der Waals surface area contributed by atoms with Gasteiger partial charge < -0.3 is 14.8 Å². The van der Waals surface area contributed by atoms with Crippen LogP contribution in [0.2, 0.25) is 0 Å². The van der Waals surface area contributed by atoms with Crippen LogP contribution < -0.4 is 14.8 Å². The van der Waals surface area contributed by atoms with Gasteiger partial charge in [0.15, 0.2) is 6.61 Å². The molecule has 0 radical (unpaired) electrons. The number of aryl methyl sites for hydroxylation is 1. The Hall–Kier alpha value is -2.60. The number of nitrogens with zero attached hydrogens (tertiary/aromatic N) is 2. The maximum atomic E-state index is 12.5. The van der Waals surface area contributed by atoms with Gasteiger partial charge in [-0.15, -0.1) is 0 Å². The van der Waals surface area contributed by atoms with Crippen molar-refractivity contribution in [2.45, 2.75) is 44.7 Å². The lowest BCUT2D eigenvalue weighted by Gasteiger charge is -2.39. The highest BCUT2D eigenvalue weighted by atomic mass is 16.5. The molecular weight excluding hydrogens is 378 g/mol. The molecule has 2 aliphatic rings. The van der Waals surface area contributed by atoms with Crippen LogP contribution in [0, 0.1) is 5.92 Å². The van der Waals surface area contributed by atoms with Gasteiger partial charge in [0.25, 0.3) is 5.91 Å². The second kappa shape index (κ2) is 9.94. The molecule has 4 rings (SSSR count). The zero-order valence-electron chi connectivity index (χ0n) is 17.7. The third-order valence-corrected chi connectivity index (χ3v) is 6.20. The van der Waals surface area contributed by atoms with Crippen molar-refractivity contribution in [3.63, 3.8) is 0 Å². The van der Waals surface area contributed by atoms with Crippen molar-refractivity contribution in [2.75, 3.05) is 26.8 Å². The summed E-state index contributed by atoms with van der Waals surface area (Å²) in [5.41, 5.74) is 2.30. The smallest absolute Gasteiger partial charge is 0.258 e. The number of ether oxygens (including phenoxy) is 2. The van der Waals surface area contributed by atoms with E-state index in [0.717, 1.165) is 63.1 Å². The minimum absolute atomic E-state index is 0.0252. The van der Waals surface area contributed by atoms with Crippen LogP contribution in [-0.4, -0.2) is 48.6 Å². The molecule has 0 spiro atoms. The Kier molecular flexibility index (Phi) is 6.84. The third kappa shape index (κ3) is 5.11. The number of amides is 1. The summed E-state index contributed by atoms with van der Waals surface area (Å²) in [6, 6.07) is 12.3. The lowest BCUT2D eigenvalue weighted by Crippen LogP contribution is -2.51. The molecule has 1 saturated heterocycles. The number of benzene rings is 1. The molecule has 1 N–H and O–H groups in total. The molecule has 30 heavy (non-hydrogen) atoms. The second-order valence-corrected chi connectivity index (χ2v) is 8.27. The Labute approximate surface area is 178 Å². The number of carbonyl (C=O) groups is 1. The maximum absolute atomic E-state index is 12.5. The lowest BCUT2D eigenvalue weighted by molar-refractivity contribution is -0.124. The molecule has 0 aliphatic carbocycles. The first-order chi connectivity index (χ1) is 14.7. The van der Waals surface area contributed by atoms with Crippen molar-refractivity contribution in [2.24, 2.45) is 5.92 Å². The molecule has 1 amide bonds. The summed E-state index contributed by atoms with van der Waals surface area (Å²) < 4.78 is 11.3. The van der Waals surface area contributed by atoms with Gasteiger partial charge in [-0.05, 0) is 49.3 Å². The fourth-order valence-corrected chi connectivity index (χ4v) is 4.67. The van der Waals surface area contributed by atoms with Crippen molar-refractivity contribution in [1.29, 1.82) is 0 Å². The first-order valence-electron chi connectivity index (χ1n) is 10.9. The Morgan fingerprint density at radius 2 is 2.10 bits per heavy atom. The highest BCUT2D eigenvalue weighted by Crippen LogP contribution is 2.27. The van der Waals surface area contributed by atoms with Gasteiger partial charge in [0.05, 0.1) is 7.11 Å². The predicted molar refractivity (Wildman–Crippen MR) is 116 cm³/mol. The van der Waals surface area contributed by atoms with E-state index in [-0.39, 0.29) is 18.6 Å². The first kappa shape index (κ1) is 20.7.